The van der Waals surface area contributed by atoms with Crippen molar-refractivity contribution in [3.8, 4) is 5.75 Å². The van der Waals surface area contributed by atoms with Crippen LogP contribution in [0.15, 0.2) is 47.4 Å². The highest BCUT2D eigenvalue weighted by Crippen LogP contribution is 2.31. The number of sulfonamides is 1. The number of hydrogen-bond acceptors (Lipinski definition) is 5. The van der Waals surface area contributed by atoms with E-state index >= 15 is 0 Å². The van der Waals surface area contributed by atoms with E-state index in [0.29, 0.717) is 44.3 Å². The predicted octanol–water partition coefficient (Wildman–Crippen LogP) is 2.99. The number of benzene rings is 2. The highest BCUT2D eigenvalue weighted by molar-refractivity contribution is 7.89. The highest BCUT2D eigenvalue weighted by atomic mass is 35.5. The lowest BCUT2D eigenvalue weighted by Crippen LogP contribution is -2.50. The maximum atomic E-state index is 13.1. The Bertz CT molecular complexity index is 1070. The van der Waals surface area contributed by atoms with Crippen molar-refractivity contribution in [2.45, 2.75) is 17.7 Å². The average molecular weight is 482 g/mol. The lowest BCUT2D eigenvalue weighted by molar-refractivity contribution is -0.133. The zero-order valence-electron chi connectivity index (χ0n) is 17.5. The fourth-order valence-electron chi connectivity index (χ4n) is 3.97. The van der Waals surface area contributed by atoms with Gasteiger partial charge in [0.15, 0.2) is 6.61 Å². The van der Waals surface area contributed by atoms with Gasteiger partial charge in [0.25, 0.3) is 5.91 Å². The minimum atomic E-state index is -3.74. The van der Waals surface area contributed by atoms with E-state index in [1.807, 2.05) is 0 Å². The second-order valence-corrected chi connectivity index (χ2v) is 10.2. The molecule has 0 atom stereocenters. The Labute approximate surface area is 192 Å². The number of halogens is 2. The maximum absolute atomic E-state index is 13.1. The number of carbonyl (C=O) groups is 1. The van der Waals surface area contributed by atoms with Gasteiger partial charge < -0.3 is 14.5 Å². The lowest BCUT2D eigenvalue weighted by Gasteiger charge is -2.36. The van der Waals surface area contributed by atoms with Crippen LogP contribution in [-0.4, -0.2) is 69.4 Å². The molecule has 0 bridgehead atoms. The summed E-state index contributed by atoms with van der Waals surface area (Å²) in [6, 6.07) is 10.7. The van der Waals surface area contributed by atoms with Crippen molar-refractivity contribution in [1.29, 1.82) is 0 Å². The van der Waals surface area contributed by atoms with Crippen molar-refractivity contribution >= 4 is 33.2 Å². The molecule has 2 saturated heterocycles. The summed E-state index contributed by atoms with van der Waals surface area (Å²) in [4.78, 5) is 16.4. The van der Waals surface area contributed by atoms with E-state index < -0.39 is 10.0 Å². The predicted molar refractivity (Wildman–Crippen MR) is 120 cm³/mol. The van der Waals surface area contributed by atoms with Crippen LogP contribution in [0.25, 0.3) is 0 Å². The van der Waals surface area contributed by atoms with E-state index in [2.05, 4.69) is 4.90 Å². The van der Waals surface area contributed by atoms with Crippen LogP contribution in [0.5, 0.6) is 5.75 Å². The van der Waals surface area contributed by atoms with Crippen LogP contribution in [-0.2, 0) is 14.8 Å². The number of hydrogen-bond donors (Lipinski definition) is 0. The number of carbonyl (C=O) groups excluding carboxylic acids is 1. The standard InChI is InChI=1S/C22H25ClFN3O4S/c23-17-3-8-20(21(15-17)32(29,30)27-9-1-2-10-27)31-16-22(28)26-13-11-25(12-14-26)19-6-4-18(24)5-7-19/h3-8,15H,1-2,9-14,16H2. The molecule has 4 rings (SSSR count). The van der Waals surface area contributed by atoms with Crippen molar-refractivity contribution in [2.75, 3.05) is 50.8 Å². The Morgan fingerprint density at radius 2 is 1.62 bits per heavy atom. The van der Waals surface area contributed by atoms with Crippen molar-refractivity contribution in [1.82, 2.24) is 9.21 Å². The number of amides is 1. The van der Waals surface area contributed by atoms with Gasteiger partial charge in [0, 0.05) is 50.0 Å². The molecule has 0 saturated carbocycles. The largest absolute Gasteiger partial charge is 0.482 e. The van der Waals surface area contributed by atoms with Crippen LogP contribution in [0.2, 0.25) is 5.02 Å². The Kier molecular flexibility index (Phi) is 6.88. The molecule has 7 nitrogen and oxygen atoms in total. The van der Waals surface area contributed by atoms with Crippen molar-refractivity contribution in [2.24, 2.45) is 0 Å². The topological polar surface area (TPSA) is 70.2 Å². The van der Waals surface area contributed by atoms with Gasteiger partial charge in [-0.15, -0.1) is 0 Å². The molecule has 10 heteroatoms. The fraction of sp³-hybridized carbons (Fsp3) is 0.409. The van der Waals surface area contributed by atoms with Gasteiger partial charge >= 0.3 is 0 Å². The number of rotatable bonds is 6. The first-order valence-corrected chi connectivity index (χ1v) is 12.4. The average Bonchev–Trinajstić information content (AvgIpc) is 3.35. The van der Waals surface area contributed by atoms with E-state index in [4.69, 9.17) is 16.3 Å². The van der Waals surface area contributed by atoms with E-state index in [1.165, 1.54) is 28.6 Å². The monoisotopic (exact) mass is 481 g/mol. The SMILES string of the molecule is O=C(COc1ccc(Cl)cc1S(=O)(=O)N1CCCC1)N1CCN(c2ccc(F)cc2)CC1. The first-order chi connectivity index (χ1) is 15.3. The van der Waals surface area contributed by atoms with Crippen LogP contribution in [0.3, 0.4) is 0 Å². The summed E-state index contributed by atoms with van der Waals surface area (Å²) in [5.41, 5.74) is 0.910. The summed E-state index contributed by atoms with van der Waals surface area (Å²) in [6.07, 6.45) is 1.64. The summed E-state index contributed by atoms with van der Waals surface area (Å²) in [6.45, 7) is 2.90. The van der Waals surface area contributed by atoms with Crippen LogP contribution in [0.1, 0.15) is 12.8 Å². The van der Waals surface area contributed by atoms with Crippen molar-refractivity contribution in [3.63, 3.8) is 0 Å². The van der Waals surface area contributed by atoms with Gasteiger partial charge in [0.05, 0.1) is 0 Å². The Hall–Kier alpha value is -2.36. The molecule has 0 unspecified atom stereocenters. The van der Waals surface area contributed by atoms with Crippen LogP contribution >= 0.6 is 11.6 Å². The zero-order valence-corrected chi connectivity index (χ0v) is 19.1. The summed E-state index contributed by atoms with van der Waals surface area (Å²) in [5.74, 6) is -0.379. The number of anilines is 1. The van der Waals surface area contributed by atoms with Gasteiger partial charge in [-0.25, -0.2) is 12.8 Å². The van der Waals surface area contributed by atoms with Crippen molar-refractivity contribution < 1.29 is 22.3 Å². The van der Waals surface area contributed by atoms with E-state index in [9.17, 15) is 17.6 Å². The first-order valence-electron chi connectivity index (χ1n) is 10.6. The van der Waals surface area contributed by atoms with Crippen molar-refractivity contribution in [3.05, 3.63) is 53.3 Å². The second kappa shape index (κ2) is 9.64. The van der Waals surface area contributed by atoms with Gasteiger partial charge in [-0.05, 0) is 55.3 Å². The summed E-state index contributed by atoms with van der Waals surface area (Å²) < 4.78 is 46.2. The Morgan fingerprint density at radius 3 is 2.28 bits per heavy atom. The molecule has 0 aliphatic carbocycles. The molecular weight excluding hydrogens is 457 g/mol. The molecule has 2 heterocycles. The third kappa shape index (κ3) is 5.00. The quantitative estimate of drug-likeness (QED) is 0.634. The molecule has 2 aromatic rings. The molecule has 2 aromatic carbocycles. The van der Waals surface area contributed by atoms with Gasteiger partial charge in [-0.1, -0.05) is 11.6 Å². The molecule has 2 aliphatic rings. The fourth-order valence-corrected chi connectivity index (χ4v) is 5.88. The molecule has 0 radical (unpaired) electrons. The van der Waals surface area contributed by atoms with Gasteiger partial charge in [0.2, 0.25) is 10.0 Å². The lowest BCUT2D eigenvalue weighted by atomic mass is 10.2. The van der Waals surface area contributed by atoms with Gasteiger partial charge in [-0.3, -0.25) is 4.79 Å². The van der Waals surface area contributed by atoms with E-state index in [1.54, 1.807) is 23.1 Å². The highest BCUT2D eigenvalue weighted by Gasteiger charge is 2.31. The summed E-state index contributed by atoms with van der Waals surface area (Å²) in [5, 5.41) is 0.290. The molecule has 2 aliphatic heterocycles. The maximum Gasteiger partial charge on any atom is 0.260 e. The van der Waals surface area contributed by atoms with Gasteiger partial charge in [0.1, 0.15) is 16.5 Å². The van der Waals surface area contributed by atoms with E-state index in [0.717, 1.165) is 18.5 Å². The van der Waals surface area contributed by atoms with Gasteiger partial charge in [-0.2, -0.15) is 4.31 Å². The number of nitrogens with zero attached hydrogens (tertiary/aromatic N) is 3. The molecule has 0 aromatic heterocycles. The number of ether oxygens (including phenoxy) is 1. The van der Waals surface area contributed by atoms with E-state index in [-0.39, 0.29) is 29.0 Å². The Morgan fingerprint density at radius 1 is 0.969 bits per heavy atom. The molecule has 1 amide bonds. The molecule has 0 spiro atoms. The number of piperazine rings is 1. The summed E-state index contributed by atoms with van der Waals surface area (Å²) >= 11 is 6.05. The van der Waals surface area contributed by atoms with Crippen LogP contribution in [0.4, 0.5) is 10.1 Å². The molecular formula is C22H25ClFN3O4S. The Balaban J connectivity index is 1.38. The zero-order chi connectivity index (χ0) is 22.7. The molecule has 2 fully saturated rings. The first kappa shape index (κ1) is 22.8. The minimum Gasteiger partial charge on any atom is -0.482 e. The van der Waals surface area contributed by atoms with Crippen LogP contribution < -0.4 is 9.64 Å². The second-order valence-electron chi connectivity index (χ2n) is 7.84. The molecule has 0 N–H and O–H groups in total. The third-order valence-corrected chi connectivity index (χ3v) is 7.92. The van der Waals surface area contributed by atoms with Crippen LogP contribution in [0, 0.1) is 5.82 Å². The smallest absolute Gasteiger partial charge is 0.260 e. The third-order valence-electron chi connectivity index (χ3n) is 5.76. The summed E-state index contributed by atoms with van der Waals surface area (Å²) in [7, 11) is -3.74. The molecule has 172 valence electrons. The molecule has 32 heavy (non-hydrogen) atoms. The normalized spacial score (nSPS) is 17.6. The minimum absolute atomic E-state index is 0.0131.